The van der Waals surface area contributed by atoms with Crippen molar-refractivity contribution in [2.75, 3.05) is 20.3 Å². The zero-order valence-electron chi connectivity index (χ0n) is 7.87. The minimum absolute atomic E-state index is 0.310. The molecule has 0 bridgehead atoms. The number of halogens is 1. The van der Waals surface area contributed by atoms with Gasteiger partial charge in [-0.2, -0.15) is 0 Å². The van der Waals surface area contributed by atoms with E-state index >= 15 is 0 Å². The molecule has 3 nitrogen and oxygen atoms in total. The molecule has 0 heterocycles. The summed E-state index contributed by atoms with van der Waals surface area (Å²) < 4.78 is 22.8. The molecule has 1 radical (unpaired) electrons. The van der Waals surface area contributed by atoms with Crippen LogP contribution in [0.1, 0.15) is 0 Å². The SMILES string of the molecule is COCCOc1cc(F)ccc1[B]O. The van der Waals surface area contributed by atoms with Crippen LogP contribution in [0.4, 0.5) is 4.39 Å². The lowest BCUT2D eigenvalue weighted by Crippen LogP contribution is -2.19. The van der Waals surface area contributed by atoms with Gasteiger partial charge in [0.2, 0.25) is 0 Å². The van der Waals surface area contributed by atoms with Crippen LogP contribution in [-0.4, -0.2) is 32.8 Å². The van der Waals surface area contributed by atoms with Crippen LogP contribution < -0.4 is 10.2 Å². The standard InChI is InChI=1S/C9H11BFO3/c1-13-4-5-14-9-6-7(11)2-3-8(9)10-12/h2-3,6,12H,4-5H2,1H3. The van der Waals surface area contributed by atoms with Crippen LogP contribution in [0.3, 0.4) is 0 Å². The Bertz CT molecular complexity index is 293. The Balaban J connectivity index is 2.67. The molecule has 0 fully saturated rings. The summed E-state index contributed by atoms with van der Waals surface area (Å²) in [5, 5.41) is 8.81. The fourth-order valence-corrected chi connectivity index (χ4v) is 0.975. The van der Waals surface area contributed by atoms with Gasteiger partial charge in [-0.1, -0.05) is 6.07 Å². The highest BCUT2D eigenvalue weighted by Gasteiger charge is 2.05. The molecule has 0 aromatic heterocycles. The Hall–Kier alpha value is -1.07. The number of methoxy groups -OCH3 is 1. The Morgan fingerprint density at radius 3 is 2.86 bits per heavy atom. The lowest BCUT2D eigenvalue weighted by Gasteiger charge is -2.08. The first-order valence-corrected chi connectivity index (χ1v) is 4.16. The number of hydrogen-bond donors (Lipinski definition) is 1. The molecule has 1 aromatic rings. The maximum absolute atomic E-state index is 12.8. The van der Waals surface area contributed by atoms with Gasteiger partial charge >= 0.3 is 7.48 Å². The van der Waals surface area contributed by atoms with Gasteiger partial charge < -0.3 is 14.5 Å². The van der Waals surface area contributed by atoms with Crippen molar-refractivity contribution in [2.45, 2.75) is 0 Å². The highest BCUT2D eigenvalue weighted by Crippen LogP contribution is 2.09. The first-order valence-electron chi connectivity index (χ1n) is 4.16. The molecule has 0 saturated carbocycles. The van der Waals surface area contributed by atoms with Crippen molar-refractivity contribution >= 4 is 12.9 Å². The van der Waals surface area contributed by atoms with Crippen molar-refractivity contribution in [3.63, 3.8) is 0 Å². The third-order valence-electron chi connectivity index (χ3n) is 1.66. The first kappa shape index (κ1) is 11.0. The summed E-state index contributed by atoms with van der Waals surface area (Å²) in [5.41, 5.74) is 0.447. The van der Waals surface area contributed by atoms with E-state index in [-0.39, 0.29) is 0 Å². The van der Waals surface area contributed by atoms with Crippen LogP contribution in [0.25, 0.3) is 0 Å². The molecule has 14 heavy (non-hydrogen) atoms. The molecule has 1 N–H and O–H groups in total. The second-order valence-corrected chi connectivity index (χ2v) is 2.65. The summed E-state index contributed by atoms with van der Waals surface area (Å²) in [7, 11) is 2.43. The molecular formula is C9H11BFO3. The molecule has 0 unspecified atom stereocenters. The van der Waals surface area contributed by atoms with Gasteiger partial charge in [-0.3, -0.25) is 0 Å². The average Bonchev–Trinajstić information content (AvgIpc) is 2.19. The largest absolute Gasteiger partial charge is 0.492 e. The van der Waals surface area contributed by atoms with Crippen LogP contribution in [0, 0.1) is 5.82 Å². The molecule has 0 aliphatic carbocycles. The van der Waals surface area contributed by atoms with Crippen LogP contribution >= 0.6 is 0 Å². The second kappa shape index (κ2) is 5.62. The summed E-state index contributed by atoms with van der Waals surface area (Å²) in [4.78, 5) is 0. The molecule has 75 valence electrons. The molecule has 0 saturated heterocycles. The van der Waals surface area contributed by atoms with Crippen LogP contribution in [0.5, 0.6) is 5.75 Å². The van der Waals surface area contributed by atoms with Crippen LogP contribution in [0.2, 0.25) is 0 Å². The molecule has 1 aromatic carbocycles. The topological polar surface area (TPSA) is 38.7 Å². The highest BCUT2D eigenvalue weighted by molar-refractivity contribution is 6.46. The Morgan fingerprint density at radius 1 is 1.43 bits per heavy atom. The highest BCUT2D eigenvalue weighted by atomic mass is 19.1. The molecule has 0 atom stereocenters. The maximum atomic E-state index is 12.8. The molecule has 0 amide bonds. The van der Waals surface area contributed by atoms with Crippen molar-refractivity contribution in [2.24, 2.45) is 0 Å². The van der Waals surface area contributed by atoms with Crippen molar-refractivity contribution in [3.05, 3.63) is 24.0 Å². The lowest BCUT2D eigenvalue weighted by molar-refractivity contribution is 0.146. The van der Waals surface area contributed by atoms with Crippen molar-refractivity contribution in [1.29, 1.82) is 0 Å². The Kier molecular flexibility index (Phi) is 4.42. The van der Waals surface area contributed by atoms with Gasteiger partial charge in [0.25, 0.3) is 0 Å². The molecule has 0 aliphatic heterocycles. The third kappa shape index (κ3) is 3.01. The predicted octanol–water partition coefficient (Wildman–Crippen LogP) is 0.0877. The number of rotatable bonds is 5. The Labute approximate surface area is 82.7 Å². The van der Waals surface area contributed by atoms with Gasteiger partial charge in [-0.05, 0) is 11.5 Å². The van der Waals surface area contributed by atoms with E-state index in [1.54, 1.807) is 7.11 Å². The summed E-state index contributed by atoms with van der Waals surface area (Å²) in [6.45, 7) is 0.738. The lowest BCUT2D eigenvalue weighted by atomic mass is 9.88. The van der Waals surface area contributed by atoms with Crippen LogP contribution in [-0.2, 0) is 4.74 Å². The van der Waals surface area contributed by atoms with E-state index in [4.69, 9.17) is 14.5 Å². The summed E-state index contributed by atoms with van der Waals surface area (Å²) in [6, 6.07) is 3.92. The molecule has 1 rings (SSSR count). The molecule has 0 spiro atoms. The average molecular weight is 197 g/mol. The number of hydrogen-bond acceptors (Lipinski definition) is 3. The zero-order chi connectivity index (χ0) is 10.4. The van der Waals surface area contributed by atoms with E-state index in [9.17, 15) is 4.39 Å². The smallest absolute Gasteiger partial charge is 0.330 e. The van der Waals surface area contributed by atoms with Gasteiger partial charge in [0.1, 0.15) is 18.2 Å². The zero-order valence-corrected chi connectivity index (χ0v) is 7.87. The first-order chi connectivity index (χ1) is 6.77. The van der Waals surface area contributed by atoms with E-state index in [1.807, 2.05) is 0 Å². The van der Waals surface area contributed by atoms with E-state index < -0.39 is 5.82 Å². The molecular weight excluding hydrogens is 186 g/mol. The number of ether oxygens (including phenoxy) is 2. The van der Waals surface area contributed by atoms with Gasteiger partial charge in [0, 0.05) is 13.2 Å². The fraction of sp³-hybridized carbons (Fsp3) is 0.333. The van der Waals surface area contributed by atoms with E-state index in [2.05, 4.69) is 0 Å². The predicted molar refractivity (Wildman–Crippen MR) is 51.4 cm³/mol. The van der Waals surface area contributed by atoms with Gasteiger partial charge in [-0.15, -0.1) is 0 Å². The monoisotopic (exact) mass is 197 g/mol. The molecule has 0 aliphatic rings. The number of benzene rings is 1. The summed E-state index contributed by atoms with van der Waals surface area (Å²) in [5.74, 6) is -0.0902. The normalized spacial score (nSPS) is 9.93. The van der Waals surface area contributed by atoms with Crippen molar-refractivity contribution in [1.82, 2.24) is 0 Å². The van der Waals surface area contributed by atoms with Crippen LogP contribution in [0.15, 0.2) is 18.2 Å². The summed E-state index contributed by atoms with van der Waals surface area (Å²) in [6.07, 6.45) is 0. The van der Waals surface area contributed by atoms with E-state index in [0.717, 1.165) is 7.48 Å². The third-order valence-corrected chi connectivity index (χ3v) is 1.66. The van der Waals surface area contributed by atoms with Gasteiger partial charge in [-0.25, -0.2) is 4.39 Å². The maximum Gasteiger partial charge on any atom is 0.330 e. The van der Waals surface area contributed by atoms with Gasteiger partial charge in [0.05, 0.1) is 6.61 Å². The van der Waals surface area contributed by atoms with Gasteiger partial charge in [0.15, 0.2) is 0 Å². The summed E-state index contributed by atoms with van der Waals surface area (Å²) >= 11 is 0. The van der Waals surface area contributed by atoms with E-state index in [0.29, 0.717) is 24.4 Å². The Morgan fingerprint density at radius 2 is 2.21 bits per heavy atom. The van der Waals surface area contributed by atoms with Crippen molar-refractivity contribution in [3.8, 4) is 5.75 Å². The van der Waals surface area contributed by atoms with E-state index in [1.165, 1.54) is 18.2 Å². The quantitative estimate of drug-likeness (QED) is 0.536. The minimum Gasteiger partial charge on any atom is -0.492 e. The van der Waals surface area contributed by atoms with Crippen molar-refractivity contribution < 1.29 is 18.9 Å². The second-order valence-electron chi connectivity index (χ2n) is 2.65. The minimum atomic E-state index is -0.400. The molecule has 5 heteroatoms. The fourth-order valence-electron chi connectivity index (χ4n) is 0.975.